The second kappa shape index (κ2) is 4.44. The van der Waals surface area contributed by atoms with Crippen molar-refractivity contribution < 1.29 is 9.52 Å². The minimum atomic E-state index is -0.915. The maximum Gasteiger partial charge on any atom is 0.106 e. The van der Waals surface area contributed by atoms with Crippen molar-refractivity contribution in [2.75, 3.05) is 0 Å². The first kappa shape index (κ1) is 11.4. The molecule has 0 aliphatic heterocycles. The van der Waals surface area contributed by atoms with Gasteiger partial charge in [0, 0.05) is 10.9 Å². The van der Waals surface area contributed by atoms with E-state index in [1.807, 2.05) is 36.4 Å². The van der Waals surface area contributed by atoms with Gasteiger partial charge in [-0.15, -0.1) is 0 Å². The summed E-state index contributed by atoms with van der Waals surface area (Å²) in [5.41, 5.74) is -0.0416. The van der Waals surface area contributed by atoms with Crippen molar-refractivity contribution in [2.24, 2.45) is 0 Å². The molecular weight excluding hydrogens is 268 g/mol. The van der Waals surface area contributed by atoms with Crippen molar-refractivity contribution in [3.8, 4) is 0 Å². The zero-order valence-corrected chi connectivity index (χ0v) is 10.6. The van der Waals surface area contributed by atoms with E-state index < -0.39 is 5.60 Å². The molecule has 1 N–H and O–H groups in total. The van der Waals surface area contributed by atoms with Crippen molar-refractivity contribution in [3.05, 3.63) is 58.5 Å². The lowest BCUT2D eigenvalue weighted by Crippen LogP contribution is -2.23. The molecule has 0 saturated carbocycles. The average Bonchev–Trinajstić information content (AvgIpc) is 2.70. The SMILES string of the molecule is CC(O)(Cc1ccco1)c1cccc(Br)c1. The summed E-state index contributed by atoms with van der Waals surface area (Å²) in [5.74, 6) is 0.782. The highest BCUT2D eigenvalue weighted by Gasteiger charge is 2.24. The Balaban J connectivity index is 2.24. The zero-order chi connectivity index (χ0) is 11.6. The third-order valence-electron chi connectivity index (χ3n) is 2.55. The smallest absolute Gasteiger partial charge is 0.106 e. The van der Waals surface area contributed by atoms with E-state index in [9.17, 15) is 5.11 Å². The van der Waals surface area contributed by atoms with Gasteiger partial charge < -0.3 is 9.52 Å². The number of aliphatic hydroxyl groups is 1. The molecule has 16 heavy (non-hydrogen) atoms. The molecule has 0 saturated heterocycles. The Labute approximate surface area is 103 Å². The second-order valence-electron chi connectivity index (χ2n) is 4.04. The highest BCUT2D eigenvalue weighted by molar-refractivity contribution is 9.10. The van der Waals surface area contributed by atoms with Crippen LogP contribution in [0.25, 0.3) is 0 Å². The van der Waals surface area contributed by atoms with Crippen molar-refractivity contribution in [3.63, 3.8) is 0 Å². The Morgan fingerprint density at radius 3 is 2.75 bits per heavy atom. The molecule has 0 bridgehead atoms. The number of hydrogen-bond donors (Lipinski definition) is 1. The molecule has 0 radical (unpaired) electrons. The number of hydrogen-bond acceptors (Lipinski definition) is 2. The predicted molar refractivity (Wildman–Crippen MR) is 66.1 cm³/mol. The molecule has 1 unspecified atom stereocenters. The van der Waals surface area contributed by atoms with E-state index >= 15 is 0 Å². The van der Waals surface area contributed by atoms with Crippen LogP contribution in [0.4, 0.5) is 0 Å². The summed E-state index contributed by atoms with van der Waals surface area (Å²) >= 11 is 3.40. The molecule has 2 aromatic rings. The van der Waals surface area contributed by atoms with Gasteiger partial charge in [-0.05, 0) is 36.8 Å². The predicted octanol–water partition coefficient (Wildman–Crippen LogP) is 3.49. The molecule has 1 aromatic carbocycles. The van der Waals surface area contributed by atoms with E-state index in [-0.39, 0.29) is 0 Å². The zero-order valence-electron chi connectivity index (χ0n) is 8.98. The van der Waals surface area contributed by atoms with Gasteiger partial charge in [-0.1, -0.05) is 28.1 Å². The first-order valence-electron chi connectivity index (χ1n) is 5.09. The standard InChI is InChI=1S/C13H13BrO2/c1-13(15,9-12-6-3-7-16-12)10-4-2-5-11(14)8-10/h2-8,15H,9H2,1H3. The molecule has 1 aromatic heterocycles. The summed E-state index contributed by atoms with van der Waals surface area (Å²) < 4.78 is 6.21. The Morgan fingerprint density at radius 2 is 2.12 bits per heavy atom. The molecule has 2 rings (SSSR count). The molecule has 0 fully saturated rings. The van der Waals surface area contributed by atoms with Gasteiger partial charge in [-0.2, -0.15) is 0 Å². The minimum Gasteiger partial charge on any atom is -0.469 e. The van der Waals surface area contributed by atoms with E-state index in [2.05, 4.69) is 15.9 Å². The number of rotatable bonds is 3. The topological polar surface area (TPSA) is 33.4 Å². The maximum absolute atomic E-state index is 10.4. The molecule has 2 nitrogen and oxygen atoms in total. The molecule has 0 aliphatic carbocycles. The first-order valence-corrected chi connectivity index (χ1v) is 5.88. The van der Waals surface area contributed by atoms with E-state index in [1.165, 1.54) is 0 Å². The highest BCUT2D eigenvalue weighted by atomic mass is 79.9. The lowest BCUT2D eigenvalue weighted by Gasteiger charge is -2.22. The Bertz CT molecular complexity index is 461. The normalized spacial score (nSPS) is 14.7. The molecule has 0 amide bonds. The van der Waals surface area contributed by atoms with Gasteiger partial charge in [0.25, 0.3) is 0 Å². The summed E-state index contributed by atoms with van der Waals surface area (Å²) in [4.78, 5) is 0. The third kappa shape index (κ3) is 2.54. The fourth-order valence-electron chi connectivity index (χ4n) is 1.68. The first-order chi connectivity index (χ1) is 7.58. The van der Waals surface area contributed by atoms with Crippen LogP contribution in [0.2, 0.25) is 0 Å². The number of benzene rings is 1. The van der Waals surface area contributed by atoms with Gasteiger partial charge in [0.05, 0.1) is 11.9 Å². The fourth-order valence-corrected chi connectivity index (χ4v) is 2.08. The average molecular weight is 281 g/mol. The van der Waals surface area contributed by atoms with Crippen molar-refractivity contribution in [1.29, 1.82) is 0 Å². The summed E-state index contributed by atoms with van der Waals surface area (Å²) in [6.07, 6.45) is 2.09. The Morgan fingerprint density at radius 1 is 1.31 bits per heavy atom. The van der Waals surface area contributed by atoms with Gasteiger partial charge >= 0.3 is 0 Å². The summed E-state index contributed by atoms with van der Waals surface area (Å²) in [5, 5.41) is 10.4. The van der Waals surface area contributed by atoms with Crippen LogP contribution in [0.3, 0.4) is 0 Å². The van der Waals surface area contributed by atoms with Crippen molar-refractivity contribution in [2.45, 2.75) is 18.9 Å². The van der Waals surface area contributed by atoms with Crippen LogP contribution >= 0.6 is 15.9 Å². The van der Waals surface area contributed by atoms with E-state index in [4.69, 9.17) is 4.42 Å². The maximum atomic E-state index is 10.4. The molecule has 0 aliphatic rings. The minimum absolute atomic E-state index is 0.469. The van der Waals surface area contributed by atoms with Crippen LogP contribution < -0.4 is 0 Å². The van der Waals surface area contributed by atoms with Crippen LogP contribution in [0.5, 0.6) is 0 Å². The van der Waals surface area contributed by atoms with Crippen LogP contribution in [-0.4, -0.2) is 5.11 Å². The summed E-state index contributed by atoms with van der Waals surface area (Å²) in [6.45, 7) is 1.79. The quantitative estimate of drug-likeness (QED) is 0.934. The van der Waals surface area contributed by atoms with Crippen molar-refractivity contribution >= 4 is 15.9 Å². The monoisotopic (exact) mass is 280 g/mol. The molecule has 0 spiro atoms. The van der Waals surface area contributed by atoms with Crippen LogP contribution in [0.15, 0.2) is 51.6 Å². The molecule has 3 heteroatoms. The van der Waals surface area contributed by atoms with Gasteiger partial charge in [0.2, 0.25) is 0 Å². The van der Waals surface area contributed by atoms with E-state index in [1.54, 1.807) is 13.2 Å². The number of halogens is 1. The molecule has 1 heterocycles. The molecule has 84 valence electrons. The largest absolute Gasteiger partial charge is 0.469 e. The molecular formula is C13H13BrO2. The Hall–Kier alpha value is -1.06. The lowest BCUT2D eigenvalue weighted by atomic mass is 9.92. The summed E-state index contributed by atoms with van der Waals surface area (Å²) in [6, 6.07) is 11.4. The van der Waals surface area contributed by atoms with Crippen molar-refractivity contribution in [1.82, 2.24) is 0 Å². The van der Waals surface area contributed by atoms with Gasteiger partial charge in [0.1, 0.15) is 5.76 Å². The third-order valence-corrected chi connectivity index (χ3v) is 3.04. The summed E-state index contributed by atoms with van der Waals surface area (Å²) in [7, 11) is 0. The number of furan rings is 1. The van der Waals surface area contributed by atoms with Crippen LogP contribution in [0.1, 0.15) is 18.2 Å². The van der Waals surface area contributed by atoms with E-state index in [0.717, 1.165) is 15.8 Å². The fraction of sp³-hybridized carbons (Fsp3) is 0.231. The van der Waals surface area contributed by atoms with E-state index in [0.29, 0.717) is 6.42 Å². The highest BCUT2D eigenvalue weighted by Crippen LogP contribution is 2.27. The van der Waals surface area contributed by atoms with Gasteiger partial charge in [-0.25, -0.2) is 0 Å². The molecule has 1 atom stereocenters. The lowest BCUT2D eigenvalue weighted by molar-refractivity contribution is 0.0520. The Kier molecular flexibility index (Phi) is 3.17. The van der Waals surface area contributed by atoms with Crippen LogP contribution in [-0.2, 0) is 12.0 Å². The van der Waals surface area contributed by atoms with Gasteiger partial charge in [-0.3, -0.25) is 0 Å². The van der Waals surface area contributed by atoms with Crippen LogP contribution in [0, 0.1) is 0 Å². The second-order valence-corrected chi connectivity index (χ2v) is 4.96. The van der Waals surface area contributed by atoms with Gasteiger partial charge in [0.15, 0.2) is 0 Å².